The maximum atomic E-state index is 12.5. The smallest absolute Gasteiger partial charge is 0.255 e. The van der Waals surface area contributed by atoms with Crippen molar-refractivity contribution in [3.05, 3.63) is 70.8 Å². The Hall–Kier alpha value is -2.66. The van der Waals surface area contributed by atoms with Crippen LogP contribution < -0.4 is 5.32 Å². The third-order valence-corrected chi connectivity index (χ3v) is 4.06. The van der Waals surface area contributed by atoms with E-state index in [1.165, 1.54) is 0 Å². The van der Waals surface area contributed by atoms with E-state index in [4.69, 9.17) is 11.6 Å². The molecule has 1 heterocycles. The van der Waals surface area contributed by atoms with E-state index in [0.717, 1.165) is 28.9 Å². The van der Waals surface area contributed by atoms with Crippen LogP contribution in [0.5, 0.6) is 0 Å². The Morgan fingerprint density at radius 3 is 2.62 bits per heavy atom. The van der Waals surface area contributed by atoms with Crippen LogP contribution in [-0.2, 0) is 6.42 Å². The van der Waals surface area contributed by atoms with E-state index in [9.17, 15) is 4.79 Å². The summed E-state index contributed by atoms with van der Waals surface area (Å²) >= 11 is 5.96. The molecular formula is C18H17ClN4O. The number of hydrogen-bond donors (Lipinski definition) is 1. The van der Waals surface area contributed by atoms with Gasteiger partial charge in [-0.25, -0.2) is 0 Å². The maximum Gasteiger partial charge on any atom is 0.255 e. The molecule has 0 unspecified atom stereocenters. The molecule has 0 aliphatic rings. The van der Waals surface area contributed by atoms with Crippen LogP contribution in [0.25, 0.3) is 5.69 Å². The van der Waals surface area contributed by atoms with Crippen molar-refractivity contribution in [1.29, 1.82) is 0 Å². The zero-order chi connectivity index (χ0) is 17.1. The van der Waals surface area contributed by atoms with E-state index in [1.54, 1.807) is 36.9 Å². The van der Waals surface area contributed by atoms with Crippen molar-refractivity contribution < 1.29 is 4.79 Å². The highest BCUT2D eigenvalue weighted by molar-refractivity contribution is 6.31. The molecule has 0 fully saturated rings. The van der Waals surface area contributed by atoms with E-state index in [0.29, 0.717) is 10.6 Å². The van der Waals surface area contributed by atoms with Gasteiger partial charge < -0.3 is 5.32 Å². The first-order valence-corrected chi connectivity index (χ1v) is 8.01. The van der Waals surface area contributed by atoms with Gasteiger partial charge >= 0.3 is 0 Å². The van der Waals surface area contributed by atoms with Crippen molar-refractivity contribution in [1.82, 2.24) is 14.8 Å². The Labute approximate surface area is 145 Å². The summed E-state index contributed by atoms with van der Waals surface area (Å²) in [6, 6.07) is 10.9. The Morgan fingerprint density at radius 1 is 1.21 bits per heavy atom. The number of hydrogen-bond acceptors (Lipinski definition) is 3. The van der Waals surface area contributed by atoms with Gasteiger partial charge in [0.2, 0.25) is 0 Å². The Kier molecular flexibility index (Phi) is 4.62. The lowest BCUT2D eigenvalue weighted by Crippen LogP contribution is -2.14. The van der Waals surface area contributed by atoms with E-state index in [2.05, 4.69) is 22.4 Å². The first-order valence-electron chi connectivity index (χ1n) is 7.64. The van der Waals surface area contributed by atoms with Crippen LogP contribution in [-0.4, -0.2) is 20.7 Å². The molecule has 1 N–H and O–H groups in total. The van der Waals surface area contributed by atoms with E-state index in [1.807, 2.05) is 23.6 Å². The zero-order valence-corrected chi connectivity index (χ0v) is 14.2. The Morgan fingerprint density at radius 2 is 1.96 bits per heavy atom. The number of amides is 1. The Balaban J connectivity index is 1.94. The van der Waals surface area contributed by atoms with Crippen LogP contribution >= 0.6 is 11.6 Å². The lowest BCUT2D eigenvalue weighted by Gasteiger charge is -2.15. The molecule has 24 heavy (non-hydrogen) atoms. The van der Waals surface area contributed by atoms with Crippen molar-refractivity contribution in [2.75, 3.05) is 5.32 Å². The number of nitrogens with one attached hydrogen (secondary N) is 1. The molecular weight excluding hydrogens is 324 g/mol. The number of anilines is 1. The summed E-state index contributed by atoms with van der Waals surface area (Å²) < 4.78 is 1.84. The normalized spacial score (nSPS) is 10.6. The first kappa shape index (κ1) is 16.2. The second-order valence-electron chi connectivity index (χ2n) is 5.48. The molecule has 0 saturated heterocycles. The largest absolute Gasteiger partial charge is 0.321 e. The number of carbonyl (C=O) groups is 1. The molecule has 0 aliphatic heterocycles. The molecule has 1 amide bonds. The van der Waals surface area contributed by atoms with Crippen LogP contribution in [0.1, 0.15) is 28.4 Å². The predicted molar refractivity (Wildman–Crippen MR) is 94.9 cm³/mol. The molecule has 0 radical (unpaired) electrons. The molecule has 0 bridgehead atoms. The number of nitrogens with zero attached hydrogens (tertiary/aromatic N) is 3. The summed E-state index contributed by atoms with van der Waals surface area (Å²) in [6.45, 7) is 4.03. The Bertz CT molecular complexity index is 875. The number of carbonyl (C=O) groups excluding carboxylic acids is 1. The minimum atomic E-state index is -0.174. The lowest BCUT2D eigenvalue weighted by molar-refractivity contribution is 0.102. The van der Waals surface area contributed by atoms with Crippen LogP contribution in [0.2, 0.25) is 5.02 Å². The molecule has 0 saturated carbocycles. The highest BCUT2D eigenvalue weighted by atomic mass is 35.5. The molecule has 6 heteroatoms. The molecule has 1 aromatic heterocycles. The second kappa shape index (κ2) is 6.84. The zero-order valence-electron chi connectivity index (χ0n) is 13.5. The summed E-state index contributed by atoms with van der Waals surface area (Å²) in [5, 5.41) is 11.2. The molecule has 0 atom stereocenters. The molecule has 0 aliphatic carbocycles. The van der Waals surface area contributed by atoms with E-state index < -0.39 is 0 Å². The SMILES string of the molecule is CCc1cc(-n2cnnc2)cc(C)c1NC(=O)c1cccc(Cl)c1. The quantitative estimate of drug-likeness (QED) is 0.779. The molecule has 5 nitrogen and oxygen atoms in total. The monoisotopic (exact) mass is 340 g/mol. The average Bonchev–Trinajstić information content (AvgIpc) is 3.11. The van der Waals surface area contributed by atoms with Gasteiger partial charge in [0.1, 0.15) is 12.7 Å². The van der Waals surface area contributed by atoms with Gasteiger partial charge in [-0.05, 0) is 54.8 Å². The fourth-order valence-electron chi connectivity index (χ4n) is 2.60. The summed E-state index contributed by atoms with van der Waals surface area (Å²) in [4.78, 5) is 12.5. The van der Waals surface area contributed by atoms with E-state index in [-0.39, 0.29) is 5.91 Å². The van der Waals surface area contributed by atoms with Gasteiger partial charge in [0.05, 0.1) is 0 Å². The molecule has 2 aromatic carbocycles. The highest BCUT2D eigenvalue weighted by Crippen LogP contribution is 2.26. The number of rotatable bonds is 4. The van der Waals surface area contributed by atoms with Crippen molar-refractivity contribution in [3.8, 4) is 5.69 Å². The summed E-state index contributed by atoms with van der Waals surface area (Å²) in [7, 11) is 0. The second-order valence-corrected chi connectivity index (χ2v) is 5.92. The summed E-state index contributed by atoms with van der Waals surface area (Å²) in [5.41, 5.74) is 4.36. The van der Waals surface area contributed by atoms with Crippen LogP contribution in [0, 0.1) is 6.92 Å². The van der Waals surface area contributed by atoms with Crippen molar-refractivity contribution in [2.24, 2.45) is 0 Å². The van der Waals surface area contributed by atoms with Gasteiger partial charge in [0.25, 0.3) is 5.91 Å². The van der Waals surface area contributed by atoms with Gasteiger partial charge in [-0.1, -0.05) is 24.6 Å². The molecule has 0 spiro atoms. The third-order valence-electron chi connectivity index (χ3n) is 3.83. The van der Waals surface area contributed by atoms with Gasteiger partial charge in [-0.3, -0.25) is 9.36 Å². The highest BCUT2D eigenvalue weighted by Gasteiger charge is 2.13. The van der Waals surface area contributed by atoms with Crippen molar-refractivity contribution >= 4 is 23.2 Å². The van der Waals surface area contributed by atoms with Crippen molar-refractivity contribution in [2.45, 2.75) is 20.3 Å². The third kappa shape index (κ3) is 3.31. The lowest BCUT2D eigenvalue weighted by atomic mass is 10.0. The molecule has 122 valence electrons. The van der Waals surface area contributed by atoms with Crippen LogP contribution in [0.4, 0.5) is 5.69 Å². The average molecular weight is 341 g/mol. The van der Waals surface area contributed by atoms with Crippen LogP contribution in [0.15, 0.2) is 49.1 Å². The first-order chi connectivity index (χ1) is 11.6. The van der Waals surface area contributed by atoms with Crippen LogP contribution in [0.3, 0.4) is 0 Å². The molecule has 3 aromatic rings. The topological polar surface area (TPSA) is 59.8 Å². The number of benzene rings is 2. The fourth-order valence-corrected chi connectivity index (χ4v) is 2.79. The maximum absolute atomic E-state index is 12.5. The number of halogens is 1. The van der Waals surface area contributed by atoms with Gasteiger partial charge in [-0.15, -0.1) is 10.2 Å². The molecule has 3 rings (SSSR count). The standard InChI is InChI=1S/C18H17ClN4O/c1-3-13-9-16(23-10-20-21-11-23)7-12(2)17(13)22-18(24)14-5-4-6-15(19)8-14/h4-11H,3H2,1-2H3,(H,22,24). The van der Waals surface area contributed by atoms with Gasteiger partial charge in [0.15, 0.2) is 0 Å². The van der Waals surface area contributed by atoms with Crippen molar-refractivity contribution in [3.63, 3.8) is 0 Å². The number of aromatic nitrogens is 3. The minimum absolute atomic E-state index is 0.174. The predicted octanol–water partition coefficient (Wildman–Crippen LogP) is 4.04. The summed E-state index contributed by atoms with van der Waals surface area (Å²) in [5.74, 6) is -0.174. The number of aryl methyl sites for hydroxylation is 2. The van der Waals surface area contributed by atoms with E-state index >= 15 is 0 Å². The van der Waals surface area contributed by atoms with Gasteiger partial charge in [0, 0.05) is 22.0 Å². The summed E-state index contributed by atoms with van der Waals surface area (Å²) in [6.07, 6.45) is 4.10. The van der Waals surface area contributed by atoms with Gasteiger partial charge in [-0.2, -0.15) is 0 Å². The minimum Gasteiger partial charge on any atom is -0.321 e. The fraction of sp³-hybridized carbons (Fsp3) is 0.167.